The van der Waals surface area contributed by atoms with Gasteiger partial charge in [0, 0.05) is 31.4 Å². The molecule has 0 aliphatic carbocycles. The molecule has 0 spiro atoms. The molecule has 1 aliphatic heterocycles. The molecular weight excluding hydrogens is 574 g/mol. The molecule has 3 N–H and O–H groups in total. The summed E-state index contributed by atoms with van der Waals surface area (Å²) in [4.78, 5) is 69.7. The third-order valence-corrected chi connectivity index (χ3v) is 7.63. The van der Waals surface area contributed by atoms with E-state index >= 15 is 0 Å². The molecule has 0 bridgehead atoms. The summed E-state index contributed by atoms with van der Waals surface area (Å²) in [6.07, 6.45) is 0.270. The number of urea groups is 1. The van der Waals surface area contributed by atoms with Crippen LogP contribution in [0.4, 0.5) is 9.93 Å². The van der Waals surface area contributed by atoms with E-state index in [1.807, 2.05) is 30.3 Å². The van der Waals surface area contributed by atoms with Crippen LogP contribution in [0.15, 0.2) is 60.0 Å². The van der Waals surface area contributed by atoms with Gasteiger partial charge in [-0.05, 0) is 23.3 Å². The first-order valence-electron chi connectivity index (χ1n) is 13.7. The topological polar surface area (TPSA) is 156 Å². The summed E-state index contributed by atoms with van der Waals surface area (Å²) in [6, 6.07) is 12.5. The number of nitrogens with zero attached hydrogens (tertiary/aromatic N) is 2. The highest BCUT2D eigenvalue weighted by atomic mass is 32.1. The predicted molar refractivity (Wildman–Crippen MR) is 159 cm³/mol. The van der Waals surface area contributed by atoms with Crippen molar-refractivity contribution in [2.45, 2.75) is 38.3 Å². The number of aromatic nitrogens is 1. The van der Waals surface area contributed by atoms with Crippen LogP contribution >= 0.6 is 11.3 Å². The van der Waals surface area contributed by atoms with Crippen LogP contribution in [0.5, 0.6) is 5.75 Å². The van der Waals surface area contributed by atoms with Crippen molar-refractivity contribution in [2.75, 3.05) is 32.2 Å². The van der Waals surface area contributed by atoms with Gasteiger partial charge in [-0.2, -0.15) is 0 Å². The second kappa shape index (κ2) is 14.5. The van der Waals surface area contributed by atoms with Crippen molar-refractivity contribution in [3.8, 4) is 5.75 Å². The minimum absolute atomic E-state index is 0.162. The lowest BCUT2D eigenvalue weighted by Gasteiger charge is -2.29. The zero-order valence-corrected chi connectivity index (χ0v) is 24.8. The van der Waals surface area contributed by atoms with Crippen LogP contribution < -0.4 is 20.7 Å². The smallest absolute Gasteiger partial charge is 0.325 e. The molecule has 1 aliphatic rings. The molecule has 1 aromatic heterocycles. The fourth-order valence-electron chi connectivity index (χ4n) is 4.56. The van der Waals surface area contributed by atoms with Gasteiger partial charge in [-0.3, -0.25) is 19.2 Å². The molecule has 0 radical (unpaired) electrons. The van der Waals surface area contributed by atoms with Gasteiger partial charge < -0.3 is 25.4 Å². The Morgan fingerprint density at radius 2 is 1.81 bits per heavy atom. The Labute approximate surface area is 252 Å². The van der Waals surface area contributed by atoms with Crippen molar-refractivity contribution in [1.82, 2.24) is 20.5 Å². The van der Waals surface area contributed by atoms with Gasteiger partial charge in [-0.15, -0.1) is 11.3 Å². The number of methoxy groups -OCH3 is 1. The van der Waals surface area contributed by atoms with Crippen molar-refractivity contribution >= 4 is 46.0 Å². The first-order valence-corrected chi connectivity index (χ1v) is 14.6. The van der Waals surface area contributed by atoms with Crippen molar-refractivity contribution in [3.05, 3.63) is 76.8 Å². The molecule has 2 aromatic carbocycles. The number of carbonyl (C=O) groups is 5. The van der Waals surface area contributed by atoms with E-state index in [9.17, 15) is 24.0 Å². The van der Waals surface area contributed by atoms with Gasteiger partial charge in [0.05, 0.1) is 6.61 Å². The molecule has 1 unspecified atom stereocenters. The maximum Gasteiger partial charge on any atom is 0.325 e. The van der Waals surface area contributed by atoms with E-state index in [0.29, 0.717) is 24.5 Å². The van der Waals surface area contributed by atoms with E-state index in [1.54, 1.807) is 43.5 Å². The monoisotopic (exact) mass is 607 g/mol. The second-order valence-electron chi connectivity index (χ2n) is 9.74. The fourth-order valence-corrected chi connectivity index (χ4v) is 5.28. The molecule has 0 saturated carbocycles. The Bertz CT molecular complexity index is 1460. The van der Waals surface area contributed by atoms with Gasteiger partial charge in [-0.25, -0.2) is 14.7 Å². The molecule has 3 atom stereocenters. The average molecular weight is 608 g/mol. The van der Waals surface area contributed by atoms with Crippen LogP contribution in [0.25, 0.3) is 0 Å². The first kappa shape index (κ1) is 31.3. The van der Waals surface area contributed by atoms with Crippen molar-refractivity contribution in [3.63, 3.8) is 0 Å². The number of carbonyl (C=O) groups excluding carboxylic acids is 5. The van der Waals surface area contributed by atoms with Crippen molar-refractivity contribution in [1.29, 1.82) is 0 Å². The van der Waals surface area contributed by atoms with Crippen molar-refractivity contribution in [2.24, 2.45) is 0 Å². The number of hydrogen-bond donors (Lipinski definition) is 3. The number of thiazole rings is 1. The number of amides is 5. The maximum absolute atomic E-state index is 13.7. The minimum atomic E-state index is -1.21. The van der Waals surface area contributed by atoms with E-state index in [1.165, 1.54) is 7.11 Å². The fraction of sp³-hybridized carbons (Fsp3) is 0.333. The highest BCUT2D eigenvalue weighted by Gasteiger charge is 2.47. The number of anilines is 1. The number of benzene rings is 2. The second-order valence-corrected chi connectivity index (χ2v) is 10.6. The number of imide groups is 1. The quantitative estimate of drug-likeness (QED) is 0.143. The van der Waals surface area contributed by atoms with Gasteiger partial charge in [0.2, 0.25) is 5.91 Å². The van der Waals surface area contributed by atoms with Gasteiger partial charge >= 0.3 is 6.03 Å². The third-order valence-electron chi connectivity index (χ3n) is 6.87. The summed E-state index contributed by atoms with van der Waals surface area (Å²) >= 11 is 1.09. The molecule has 1 fully saturated rings. The molecule has 1 saturated heterocycles. The zero-order valence-electron chi connectivity index (χ0n) is 24.0. The molecule has 13 heteroatoms. The summed E-state index contributed by atoms with van der Waals surface area (Å²) in [6.45, 7) is 4.03. The van der Waals surface area contributed by atoms with Crippen LogP contribution in [0.2, 0.25) is 0 Å². The Balaban J connectivity index is 1.52. The zero-order chi connectivity index (χ0) is 30.9. The summed E-state index contributed by atoms with van der Waals surface area (Å²) < 4.78 is 10.4. The largest absolute Gasteiger partial charge is 0.484 e. The van der Waals surface area contributed by atoms with Crippen LogP contribution in [-0.2, 0) is 19.1 Å². The lowest BCUT2D eigenvalue weighted by molar-refractivity contribution is -0.134. The van der Waals surface area contributed by atoms with Gasteiger partial charge in [0.25, 0.3) is 11.8 Å². The van der Waals surface area contributed by atoms with E-state index in [-0.39, 0.29) is 35.5 Å². The molecule has 3 aromatic rings. The van der Waals surface area contributed by atoms with Crippen LogP contribution in [0.1, 0.15) is 53.8 Å². The third kappa shape index (κ3) is 7.62. The Morgan fingerprint density at radius 1 is 1.09 bits per heavy atom. The molecule has 43 heavy (non-hydrogen) atoms. The molecule has 226 valence electrons. The maximum atomic E-state index is 13.7. The molecule has 12 nitrogen and oxygen atoms in total. The highest BCUT2D eigenvalue weighted by molar-refractivity contribution is 7.14. The number of hydrogen-bond acceptors (Lipinski definition) is 9. The summed E-state index contributed by atoms with van der Waals surface area (Å²) in [5.41, 5.74) is 1.47. The molecular formula is C30H33N5O7S. The van der Waals surface area contributed by atoms with Crippen molar-refractivity contribution < 1.29 is 33.4 Å². The lowest BCUT2D eigenvalue weighted by Crippen LogP contribution is -2.50. The normalized spacial score (nSPS) is 15.9. The Hall–Kier alpha value is -4.62. The SMILES string of the molecule is CCC(=O)c1csc(NC(=O)C([C@@H](C)c2ccccc2)N2C(=O)N[C@H](c3ccc(OCC(=O)NCCOC)cc3)C2=O)n1. The van der Waals surface area contributed by atoms with Crippen LogP contribution in [-0.4, -0.2) is 72.3 Å². The van der Waals surface area contributed by atoms with Crippen LogP contribution in [0, 0.1) is 0 Å². The number of Topliss-reactive ketones (excluding diaryl/α,β-unsaturated/α-hetero) is 1. The molecule has 5 amide bonds. The first-order chi connectivity index (χ1) is 20.7. The van der Waals surface area contributed by atoms with Gasteiger partial charge in [0.15, 0.2) is 17.5 Å². The number of ether oxygens (including phenoxy) is 2. The highest BCUT2D eigenvalue weighted by Crippen LogP contribution is 2.32. The number of ketones is 1. The van der Waals surface area contributed by atoms with E-state index in [4.69, 9.17) is 9.47 Å². The predicted octanol–water partition coefficient (Wildman–Crippen LogP) is 3.28. The average Bonchev–Trinajstić information content (AvgIpc) is 3.60. The number of nitrogens with one attached hydrogen (secondary N) is 3. The molecule has 4 rings (SSSR count). The summed E-state index contributed by atoms with van der Waals surface area (Å²) in [5.74, 6) is -1.85. The van der Waals surface area contributed by atoms with E-state index in [2.05, 4.69) is 20.9 Å². The van der Waals surface area contributed by atoms with Gasteiger partial charge in [0.1, 0.15) is 23.5 Å². The van der Waals surface area contributed by atoms with E-state index in [0.717, 1.165) is 21.8 Å². The lowest BCUT2D eigenvalue weighted by atomic mass is 9.91. The van der Waals surface area contributed by atoms with Crippen LogP contribution in [0.3, 0.4) is 0 Å². The summed E-state index contributed by atoms with van der Waals surface area (Å²) in [7, 11) is 1.54. The van der Waals surface area contributed by atoms with E-state index < -0.39 is 35.8 Å². The Kier molecular flexibility index (Phi) is 10.6. The minimum Gasteiger partial charge on any atom is -0.484 e. The summed E-state index contributed by atoms with van der Waals surface area (Å²) in [5, 5.41) is 9.78. The Morgan fingerprint density at radius 3 is 2.49 bits per heavy atom. The standard InChI is InChI=1S/C30H33N5O7S/c1-4-23(36)22-17-43-29(32-22)34-27(38)26(18(2)19-8-6-5-7-9-19)35-28(39)25(33-30(35)40)20-10-12-21(13-11-20)42-16-24(37)31-14-15-41-3/h5-13,17-18,25-26H,4,14-16H2,1-3H3,(H,31,37)(H,33,40)(H,32,34,38)/t18-,25+,26?/m0/s1. The van der Waals surface area contributed by atoms with Gasteiger partial charge in [-0.1, -0.05) is 56.3 Å². The molecule has 2 heterocycles. The number of rotatable bonds is 14.